The van der Waals surface area contributed by atoms with Crippen LogP contribution in [-0.4, -0.2) is 22.3 Å². The molecule has 0 aromatic rings. The van der Waals surface area contributed by atoms with Crippen LogP contribution in [0.5, 0.6) is 0 Å². The van der Waals surface area contributed by atoms with E-state index in [2.05, 4.69) is 54.5 Å². The first-order valence-corrected chi connectivity index (χ1v) is 13.9. The molecule has 0 aromatic heterocycles. The largest absolute Gasteiger partial charge is 0.481 e. The van der Waals surface area contributed by atoms with Crippen molar-refractivity contribution in [1.29, 1.82) is 0 Å². The standard InChI is InChI=1S/C30H48O3/c1-18(2)19-10-15-30(25(32)33)17-16-28(6)20(24(19)30)8-9-22-27(5)13-12-23(31)26(3,4)21(27)11-14-29(22,28)7/h8,18-19,21-24,31H,9-17H2,1-7H3,(H,32,33)/t19-,21-,22+,23-,24+,27-,28+,29+,30-/m0/s1. The zero-order chi connectivity index (χ0) is 24.2. The van der Waals surface area contributed by atoms with Crippen molar-refractivity contribution in [1.82, 2.24) is 0 Å². The van der Waals surface area contributed by atoms with Gasteiger partial charge < -0.3 is 10.2 Å². The Balaban J connectivity index is 1.61. The summed E-state index contributed by atoms with van der Waals surface area (Å²) in [5.41, 5.74) is 1.50. The minimum atomic E-state index is -0.540. The topological polar surface area (TPSA) is 57.5 Å². The molecule has 4 saturated carbocycles. The summed E-state index contributed by atoms with van der Waals surface area (Å²) in [6, 6.07) is 0. The Bertz CT molecular complexity index is 872. The van der Waals surface area contributed by atoms with Crippen LogP contribution in [0.1, 0.15) is 106 Å². The van der Waals surface area contributed by atoms with Gasteiger partial charge in [-0.25, -0.2) is 0 Å². The summed E-state index contributed by atoms with van der Waals surface area (Å²) in [4.78, 5) is 12.8. The van der Waals surface area contributed by atoms with Gasteiger partial charge in [-0.05, 0) is 109 Å². The van der Waals surface area contributed by atoms with Gasteiger partial charge >= 0.3 is 5.97 Å². The third kappa shape index (κ3) is 2.75. The lowest BCUT2D eigenvalue weighted by atomic mass is 9.34. The third-order valence-corrected chi connectivity index (χ3v) is 13.1. The molecule has 0 bridgehead atoms. The number of aliphatic carboxylic acids is 1. The molecule has 0 heterocycles. The summed E-state index contributed by atoms with van der Waals surface area (Å²) in [5.74, 6) is 1.86. The Morgan fingerprint density at radius 3 is 2.27 bits per heavy atom. The average molecular weight is 457 g/mol. The van der Waals surface area contributed by atoms with Gasteiger partial charge in [0.2, 0.25) is 0 Å². The molecule has 0 saturated heterocycles. The predicted molar refractivity (Wildman–Crippen MR) is 133 cm³/mol. The maximum Gasteiger partial charge on any atom is 0.310 e. The molecule has 0 spiro atoms. The number of aliphatic hydroxyl groups excluding tert-OH is 1. The molecule has 3 nitrogen and oxygen atoms in total. The van der Waals surface area contributed by atoms with Crippen LogP contribution >= 0.6 is 0 Å². The minimum absolute atomic E-state index is 0.0293. The van der Waals surface area contributed by atoms with Crippen LogP contribution in [0.3, 0.4) is 0 Å². The summed E-state index contributed by atoms with van der Waals surface area (Å²) >= 11 is 0. The molecule has 0 aromatic carbocycles. The quantitative estimate of drug-likeness (QED) is 0.436. The zero-order valence-corrected chi connectivity index (χ0v) is 22.2. The third-order valence-electron chi connectivity index (χ3n) is 13.1. The predicted octanol–water partition coefficient (Wildman–Crippen LogP) is 7.09. The number of rotatable bonds is 2. The molecule has 5 aliphatic rings. The molecule has 0 aliphatic heterocycles. The van der Waals surface area contributed by atoms with E-state index in [1.54, 1.807) is 0 Å². The highest BCUT2D eigenvalue weighted by atomic mass is 16.4. The first-order chi connectivity index (χ1) is 15.3. The zero-order valence-electron chi connectivity index (χ0n) is 22.2. The molecule has 186 valence electrons. The van der Waals surface area contributed by atoms with E-state index in [0.29, 0.717) is 23.7 Å². The van der Waals surface area contributed by atoms with Crippen LogP contribution in [0.2, 0.25) is 0 Å². The molecule has 0 radical (unpaired) electrons. The molecule has 0 unspecified atom stereocenters. The molecule has 33 heavy (non-hydrogen) atoms. The lowest BCUT2D eigenvalue weighted by molar-refractivity contribution is -0.202. The van der Waals surface area contributed by atoms with Crippen molar-refractivity contribution in [2.45, 2.75) is 112 Å². The molecular weight excluding hydrogens is 408 g/mol. The summed E-state index contributed by atoms with van der Waals surface area (Å²) in [6.45, 7) is 16.9. The lowest BCUT2D eigenvalue weighted by Crippen LogP contribution is -2.64. The Labute approximate surface area is 201 Å². The van der Waals surface area contributed by atoms with Crippen molar-refractivity contribution in [2.24, 2.45) is 56.7 Å². The molecule has 5 aliphatic carbocycles. The van der Waals surface area contributed by atoms with E-state index in [9.17, 15) is 15.0 Å². The van der Waals surface area contributed by atoms with E-state index in [-0.39, 0.29) is 33.7 Å². The Kier molecular flexibility index (Phi) is 5.15. The number of hydrogen-bond donors (Lipinski definition) is 2. The molecule has 4 fully saturated rings. The highest BCUT2D eigenvalue weighted by Gasteiger charge is 2.70. The van der Waals surface area contributed by atoms with Gasteiger partial charge in [0.1, 0.15) is 0 Å². The average Bonchev–Trinajstić information content (AvgIpc) is 3.13. The minimum Gasteiger partial charge on any atom is -0.481 e. The summed E-state index contributed by atoms with van der Waals surface area (Å²) in [7, 11) is 0. The molecule has 9 atom stereocenters. The van der Waals surface area contributed by atoms with Crippen LogP contribution in [0.25, 0.3) is 0 Å². The molecule has 5 rings (SSSR count). The highest BCUT2D eigenvalue weighted by Crippen LogP contribution is 2.76. The number of allylic oxidation sites excluding steroid dienone is 2. The molecule has 0 amide bonds. The fourth-order valence-corrected chi connectivity index (χ4v) is 10.9. The van der Waals surface area contributed by atoms with Gasteiger partial charge in [-0.3, -0.25) is 4.79 Å². The molecular formula is C30H48O3. The van der Waals surface area contributed by atoms with Crippen molar-refractivity contribution in [3.8, 4) is 0 Å². The van der Waals surface area contributed by atoms with Crippen LogP contribution in [0.4, 0.5) is 0 Å². The van der Waals surface area contributed by atoms with Crippen molar-refractivity contribution < 1.29 is 15.0 Å². The van der Waals surface area contributed by atoms with Gasteiger partial charge in [0.15, 0.2) is 0 Å². The van der Waals surface area contributed by atoms with Gasteiger partial charge in [0, 0.05) is 0 Å². The number of carbonyl (C=O) groups is 1. The monoisotopic (exact) mass is 456 g/mol. The van der Waals surface area contributed by atoms with Gasteiger partial charge in [-0.2, -0.15) is 0 Å². The van der Waals surface area contributed by atoms with Gasteiger partial charge in [-0.1, -0.05) is 60.1 Å². The Morgan fingerprint density at radius 2 is 1.64 bits per heavy atom. The number of fused-ring (bicyclic) bond motifs is 7. The van der Waals surface area contributed by atoms with Crippen molar-refractivity contribution in [3.63, 3.8) is 0 Å². The normalized spacial score (nSPS) is 52.9. The van der Waals surface area contributed by atoms with E-state index in [4.69, 9.17) is 0 Å². The van der Waals surface area contributed by atoms with Crippen LogP contribution in [-0.2, 0) is 4.79 Å². The van der Waals surface area contributed by atoms with E-state index in [1.807, 2.05) is 0 Å². The Hall–Kier alpha value is -0.830. The van der Waals surface area contributed by atoms with Crippen molar-refractivity contribution in [2.75, 3.05) is 0 Å². The fraction of sp³-hybridized carbons (Fsp3) is 0.900. The van der Waals surface area contributed by atoms with Gasteiger partial charge in [0.25, 0.3) is 0 Å². The smallest absolute Gasteiger partial charge is 0.310 e. The van der Waals surface area contributed by atoms with Crippen LogP contribution < -0.4 is 0 Å². The number of carboxylic acid groups (broad SMARTS) is 1. The van der Waals surface area contributed by atoms with Gasteiger partial charge in [0.05, 0.1) is 11.5 Å². The SMILES string of the molecule is CC(C)[C@@H]1CC[C@]2(C(=O)O)CC[C@]3(C)C(=CC[C@@H]4[C@@]5(C)CC[C@H](O)C(C)(C)[C@@H]5CC[C@]43C)[C@@H]12. The number of hydrogen-bond acceptors (Lipinski definition) is 2. The van der Waals surface area contributed by atoms with Gasteiger partial charge in [-0.15, -0.1) is 0 Å². The van der Waals surface area contributed by atoms with E-state index in [1.165, 1.54) is 18.4 Å². The summed E-state index contributed by atoms with van der Waals surface area (Å²) in [6.07, 6.45) is 11.7. The second kappa shape index (κ2) is 7.11. The first-order valence-electron chi connectivity index (χ1n) is 13.9. The van der Waals surface area contributed by atoms with E-state index < -0.39 is 11.4 Å². The van der Waals surface area contributed by atoms with E-state index >= 15 is 0 Å². The van der Waals surface area contributed by atoms with Crippen molar-refractivity contribution >= 4 is 5.97 Å². The molecule has 3 heteroatoms. The number of carboxylic acids is 1. The lowest BCUT2D eigenvalue weighted by Gasteiger charge is -2.70. The number of aliphatic hydroxyl groups is 1. The summed E-state index contributed by atoms with van der Waals surface area (Å²) in [5, 5.41) is 21.4. The second-order valence-corrected chi connectivity index (χ2v) is 14.6. The molecule has 2 N–H and O–H groups in total. The second-order valence-electron chi connectivity index (χ2n) is 14.6. The Morgan fingerprint density at radius 1 is 0.939 bits per heavy atom. The maximum atomic E-state index is 12.8. The summed E-state index contributed by atoms with van der Waals surface area (Å²) < 4.78 is 0. The van der Waals surface area contributed by atoms with E-state index in [0.717, 1.165) is 44.9 Å². The van der Waals surface area contributed by atoms with Crippen LogP contribution in [0, 0.1) is 56.7 Å². The van der Waals surface area contributed by atoms with Crippen LogP contribution in [0.15, 0.2) is 11.6 Å². The first kappa shape index (κ1) is 23.9. The van der Waals surface area contributed by atoms with Crippen molar-refractivity contribution in [3.05, 3.63) is 11.6 Å². The maximum absolute atomic E-state index is 12.8. The highest BCUT2D eigenvalue weighted by molar-refractivity contribution is 5.77. The fourth-order valence-electron chi connectivity index (χ4n) is 10.9.